The van der Waals surface area contributed by atoms with Crippen molar-refractivity contribution >= 4 is 33.3 Å². The summed E-state index contributed by atoms with van der Waals surface area (Å²) in [5, 5.41) is 14.5. The van der Waals surface area contributed by atoms with Crippen molar-refractivity contribution < 1.29 is 9.90 Å². The van der Waals surface area contributed by atoms with Crippen LogP contribution in [0.4, 0.5) is 5.69 Å². The summed E-state index contributed by atoms with van der Waals surface area (Å²) < 4.78 is 0. The van der Waals surface area contributed by atoms with E-state index in [2.05, 4.69) is 15.3 Å². The van der Waals surface area contributed by atoms with Gasteiger partial charge in [-0.3, -0.25) is 14.6 Å². The lowest BCUT2D eigenvalue weighted by molar-refractivity contribution is 0.102. The van der Waals surface area contributed by atoms with E-state index in [-0.39, 0.29) is 16.7 Å². The molecule has 128 valence electrons. The number of aromatic nitrogens is 2. The Morgan fingerprint density at radius 3 is 2.58 bits per heavy atom. The second-order valence-electron chi connectivity index (χ2n) is 5.80. The Labute approximate surface area is 145 Å². The van der Waals surface area contributed by atoms with E-state index in [1.807, 2.05) is 12.1 Å². The number of aromatic hydroxyl groups is 1. The molecule has 0 saturated heterocycles. The number of hydrogen-bond donors (Lipinski definition) is 4. The number of fused-ring (bicyclic) bond motifs is 2. The van der Waals surface area contributed by atoms with Gasteiger partial charge in [-0.2, -0.15) is 0 Å². The quantitative estimate of drug-likeness (QED) is 0.445. The summed E-state index contributed by atoms with van der Waals surface area (Å²) in [6.07, 6.45) is 0. The Morgan fingerprint density at radius 2 is 1.73 bits per heavy atom. The molecule has 4 N–H and O–H groups in total. The van der Waals surface area contributed by atoms with Crippen LogP contribution in [0.5, 0.6) is 5.75 Å². The van der Waals surface area contributed by atoms with Crippen LogP contribution >= 0.6 is 0 Å². The van der Waals surface area contributed by atoms with E-state index >= 15 is 0 Å². The van der Waals surface area contributed by atoms with Gasteiger partial charge in [-0.1, -0.05) is 30.3 Å². The smallest absolute Gasteiger partial charge is 0.326 e. The van der Waals surface area contributed by atoms with Crippen LogP contribution < -0.4 is 16.6 Å². The molecule has 1 aromatic heterocycles. The molecule has 0 fully saturated rings. The molecule has 0 aliphatic carbocycles. The maximum Gasteiger partial charge on any atom is 0.326 e. The lowest BCUT2D eigenvalue weighted by atomic mass is 10.0. The molecule has 1 heterocycles. The van der Waals surface area contributed by atoms with Crippen molar-refractivity contribution in [2.45, 2.75) is 0 Å². The van der Waals surface area contributed by atoms with Gasteiger partial charge in [-0.25, -0.2) is 4.79 Å². The van der Waals surface area contributed by atoms with Gasteiger partial charge in [0.05, 0.1) is 16.5 Å². The standard InChI is InChI=1S/C19H13N3O4/c23-15-8-5-10-3-1-2-4-12(10)16(15)18(25)20-11-6-7-14-13(9-11)17(24)22-19(26)21-14/h1-9,23H,(H,20,25)(H2,21,22,24,26). The molecule has 0 radical (unpaired) electrons. The van der Waals surface area contributed by atoms with Gasteiger partial charge in [0.25, 0.3) is 11.5 Å². The zero-order valence-electron chi connectivity index (χ0n) is 13.4. The molecule has 4 aromatic rings. The van der Waals surface area contributed by atoms with Crippen molar-refractivity contribution in [1.29, 1.82) is 0 Å². The van der Waals surface area contributed by atoms with E-state index in [1.54, 1.807) is 24.3 Å². The van der Waals surface area contributed by atoms with Crippen LogP contribution in [-0.2, 0) is 0 Å². The Morgan fingerprint density at radius 1 is 0.923 bits per heavy atom. The van der Waals surface area contributed by atoms with Crippen LogP contribution in [0.3, 0.4) is 0 Å². The second-order valence-corrected chi connectivity index (χ2v) is 5.80. The number of phenolic OH excluding ortho intramolecular Hbond substituents is 1. The maximum absolute atomic E-state index is 12.7. The highest BCUT2D eigenvalue weighted by Gasteiger charge is 2.15. The first kappa shape index (κ1) is 15.6. The van der Waals surface area contributed by atoms with Gasteiger partial charge in [0, 0.05) is 5.69 Å². The molecule has 0 aliphatic heterocycles. The summed E-state index contributed by atoms with van der Waals surface area (Å²) in [5.41, 5.74) is -0.261. The summed E-state index contributed by atoms with van der Waals surface area (Å²) in [6, 6.07) is 15.0. The minimum Gasteiger partial charge on any atom is -0.507 e. The zero-order chi connectivity index (χ0) is 18.3. The van der Waals surface area contributed by atoms with Crippen molar-refractivity contribution in [3.63, 3.8) is 0 Å². The van der Waals surface area contributed by atoms with Gasteiger partial charge in [0.15, 0.2) is 0 Å². The van der Waals surface area contributed by atoms with E-state index in [4.69, 9.17) is 0 Å². The van der Waals surface area contributed by atoms with E-state index < -0.39 is 17.2 Å². The Hall–Kier alpha value is -3.87. The van der Waals surface area contributed by atoms with E-state index in [1.165, 1.54) is 18.2 Å². The van der Waals surface area contributed by atoms with Crippen LogP contribution in [0.25, 0.3) is 21.7 Å². The number of carbonyl (C=O) groups is 1. The van der Waals surface area contributed by atoms with Gasteiger partial charge >= 0.3 is 5.69 Å². The van der Waals surface area contributed by atoms with Crippen LogP contribution in [0, 0.1) is 0 Å². The minimum absolute atomic E-state index is 0.135. The number of anilines is 1. The van der Waals surface area contributed by atoms with Gasteiger partial charge in [0.2, 0.25) is 0 Å². The third-order valence-electron chi connectivity index (χ3n) is 4.13. The SMILES string of the molecule is O=C(Nc1ccc2[nH]c(=O)[nH]c(=O)c2c1)c1c(O)ccc2ccccc12. The van der Waals surface area contributed by atoms with Crippen LogP contribution in [0.2, 0.25) is 0 Å². The molecule has 0 bridgehead atoms. The molecule has 3 aromatic carbocycles. The van der Waals surface area contributed by atoms with Gasteiger partial charge in [-0.05, 0) is 35.0 Å². The lowest BCUT2D eigenvalue weighted by Gasteiger charge is -2.10. The normalized spacial score (nSPS) is 10.9. The number of hydrogen-bond acceptors (Lipinski definition) is 4. The first-order valence-electron chi connectivity index (χ1n) is 7.81. The largest absolute Gasteiger partial charge is 0.507 e. The lowest BCUT2D eigenvalue weighted by Crippen LogP contribution is -2.22. The molecule has 7 nitrogen and oxygen atoms in total. The molecular weight excluding hydrogens is 334 g/mol. The van der Waals surface area contributed by atoms with Crippen molar-refractivity contribution in [1.82, 2.24) is 9.97 Å². The Kier molecular flexibility index (Phi) is 3.54. The van der Waals surface area contributed by atoms with Gasteiger partial charge in [0.1, 0.15) is 5.75 Å². The molecule has 0 unspecified atom stereocenters. The predicted octanol–water partition coefficient (Wildman–Crippen LogP) is 2.33. The topological polar surface area (TPSA) is 115 Å². The Balaban J connectivity index is 1.78. The highest BCUT2D eigenvalue weighted by Crippen LogP contribution is 2.28. The third kappa shape index (κ3) is 2.61. The van der Waals surface area contributed by atoms with Crippen LogP contribution in [0.1, 0.15) is 10.4 Å². The fourth-order valence-corrected chi connectivity index (χ4v) is 2.94. The summed E-state index contributed by atoms with van der Waals surface area (Å²) >= 11 is 0. The highest BCUT2D eigenvalue weighted by atomic mass is 16.3. The molecular formula is C19H13N3O4. The monoisotopic (exact) mass is 347 g/mol. The zero-order valence-corrected chi connectivity index (χ0v) is 13.4. The number of nitrogens with one attached hydrogen (secondary N) is 3. The average molecular weight is 347 g/mol. The van der Waals surface area contributed by atoms with Crippen LogP contribution in [-0.4, -0.2) is 21.0 Å². The first-order valence-corrected chi connectivity index (χ1v) is 7.81. The van der Waals surface area contributed by atoms with Crippen molar-refractivity contribution in [3.8, 4) is 5.75 Å². The molecule has 26 heavy (non-hydrogen) atoms. The minimum atomic E-state index is -0.597. The molecule has 4 rings (SSSR count). The Bertz CT molecular complexity index is 1290. The summed E-state index contributed by atoms with van der Waals surface area (Å²) in [5.74, 6) is -0.635. The number of rotatable bonds is 2. The van der Waals surface area contributed by atoms with Crippen molar-refractivity contribution in [2.24, 2.45) is 0 Å². The maximum atomic E-state index is 12.7. The number of aromatic amines is 2. The summed E-state index contributed by atoms with van der Waals surface area (Å²) in [4.78, 5) is 40.6. The molecule has 0 aliphatic rings. The highest BCUT2D eigenvalue weighted by molar-refractivity contribution is 6.15. The van der Waals surface area contributed by atoms with E-state index in [0.717, 1.165) is 5.39 Å². The fourth-order valence-electron chi connectivity index (χ4n) is 2.94. The number of H-pyrrole nitrogens is 2. The van der Waals surface area contributed by atoms with Crippen LogP contribution in [0.15, 0.2) is 64.2 Å². The number of carbonyl (C=O) groups excluding carboxylic acids is 1. The van der Waals surface area contributed by atoms with E-state index in [0.29, 0.717) is 16.6 Å². The predicted molar refractivity (Wildman–Crippen MR) is 98.8 cm³/mol. The molecule has 0 saturated carbocycles. The molecule has 1 amide bonds. The molecule has 7 heteroatoms. The number of phenols is 1. The molecule has 0 atom stereocenters. The van der Waals surface area contributed by atoms with Crippen molar-refractivity contribution in [3.05, 3.63) is 81.0 Å². The van der Waals surface area contributed by atoms with Gasteiger partial charge < -0.3 is 15.4 Å². The number of benzene rings is 3. The molecule has 0 spiro atoms. The average Bonchev–Trinajstić information content (AvgIpc) is 2.62. The fraction of sp³-hybridized carbons (Fsp3) is 0. The summed E-state index contributed by atoms with van der Waals surface area (Å²) in [7, 11) is 0. The van der Waals surface area contributed by atoms with E-state index in [9.17, 15) is 19.5 Å². The second kappa shape index (κ2) is 5.89. The summed E-state index contributed by atoms with van der Waals surface area (Å²) in [6.45, 7) is 0. The first-order chi connectivity index (χ1) is 12.5. The third-order valence-corrected chi connectivity index (χ3v) is 4.13. The number of amides is 1. The van der Waals surface area contributed by atoms with Crippen molar-refractivity contribution in [2.75, 3.05) is 5.32 Å². The van der Waals surface area contributed by atoms with Gasteiger partial charge in [-0.15, -0.1) is 0 Å².